The van der Waals surface area contributed by atoms with E-state index in [1.807, 2.05) is 9.47 Å². The molecule has 0 radical (unpaired) electrons. The number of carbonyl (C=O) groups excluding carboxylic acids is 1. The van der Waals surface area contributed by atoms with Gasteiger partial charge >= 0.3 is 6.18 Å². The van der Waals surface area contributed by atoms with Crippen LogP contribution >= 0.6 is 0 Å². The van der Waals surface area contributed by atoms with E-state index in [-0.39, 0.29) is 23.7 Å². The first-order valence-corrected chi connectivity index (χ1v) is 11.3. The molecule has 2 aromatic rings. The molecule has 8 nitrogen and oxygen atoms in total. The zero-order chi connectivity index (χ0) is 24.2. The normalized spacial score (nSPS) is 18.6. The molecule has 3 aliphatic rings. The van der Waals surface area contributed by atoms with Gasteiger partial charge in [0.2, 0.25) is 5.91 Å². The van der Waals surface area contributed by atoms with E-state index in [4.69, 9.17) is 10.4 Å². The lowest BCUT2D eigenvalue weighted by atomic mass is 10.00. The number of fused-ring (bicyclic) bond motifs is 2. The van der Waals surface area contributed by atoms with Crippen LogP contribution in [-0.2, 0) is 30.5 Å². The minimum Gasteiger partial charge on any atom is -0.393 e. The van der Waals surface area contributed by atoms with E-state index >= 15 is 0 Å². The molecule has 0 atom stereocenters. The first-order valence-electron chi connectivity index (χ1n) is 11.3. The highest BCUT2D eigenvalue weighted by molar-refractivity contribution is 6.08. The Morgan fingerprint density at radius 1 is 1.26 bits per heavy atom. The largest absolute Gasteiger partial charge is 0.418 e. The summed E-state index contributed by atoms with van der Waals surface area (Å²) in [5.41, 5.74) is 0.709. The van der Waals surface area contributed by atoms with Gasteiger partial charge in [0.05, 0.1) is 34.9 Å². The topological polar surface area (TPSA) is 90.1 Å². The monoisotopic (exact) mass is 473 g/mol. The highest BCUT2D eigenvalue weighted by Crippen LogP contribution is 2.45. The van der Waals surface area contributed by atoms with Crippen LogP contribution < -0.4 is 10.2 Å². The van der Waals surface area contributed by atoms with Crippen LogP contribution in [0.25, 0.3) is 5.57 Å². The fraction of sp³-hybridized carbons (Fsp3) is 0.478. The van der Waals surface area contributed by atoms with E-state index in [9.17, 15) is 18.0 Å². The number of hydrogen-bond acceptors (Lipinski definition) is 6. The molecular formula is C23H26F3N7O. The maximum absolute atomic E-state index is 14.1. The molecule has 2 aliphatic heterocycles. The van der Waals surface area contributed by atoms with Crippen molar-refractivity contribution < 1.29 is 18.0 Å². The average Bonchev–Trinajstić information content (AvgIpc) is 3.58. The van der Waals surface area contributed by atoms with Crippen LogP contribution in [0.15, 0.2) is 12.3 Å². The number of aryl methyl sites for hydroxylation is 1. The Kier molecular flexibility index (Phi) is 5.37. The minimum absolute atomic E-state index is 0.00134. The Balaban J connectivity index is 1.67. The van der Waals surface area contributed by atoms with Gasteiger partial charge in [-0.05, 0) is 31.7 Å². The molecule has 1 amide bonds. The Morgan fingerprint density at radius 2 is 2.03 bits per heavy atom. The van der Waals surface area contributed by atoms with Gasteiger partial charge in [-0.2, -0.15) is 13.2 Å². The van der Waals surface area contributed by atoms with E-state index in [2.05, 4.69) is 10.3 Å². The minimum atomic E-state index is -4.64. The van der Waals surface area contributed by atoms with Gasteiger partial charge in [-0.15, -0.1) is 0 Å². The number of carbonyl (C=O) groups is 1. The van der Waals surface area contributed by atoms with E-state index in [1.165, 1.54) is 6.20 Å². The third-order valence-corrected chi connectivity index (χ3v) is 6.58. The number of nitrogens with zero attached hydrogens (tertiary/aromatic N) is 5. The van der Waals surface area contributed by atoms with Crippen molar-refractivity contribution in [2.45, 2.75) is 50.9 Å². The number of anilines is 2. The van der Waals surface area contributed by atoms with Gasteiger partial charge in [0.1, 0.15) is 12.4 Å². The second kappa shape index (κ2) is 8.14. The van der Waals surface area contributed by atoms with Crippen LogP contribution in [0.1, 0.15) is 53.7 Å². The SMILES string of the molecule is CN/C=C(\C=N)c1nc2c(cc1C(F)(F)F)N(c1nc(C3CC3)n3c1CN(C)C(=O)C3)CCC2. The summed E-state index contributed by atoms with van der Waals surface area (Å²) in [7, 11) is 3.30. The van der Waals surface area contributed by atoms with Gasteiger partial charge in [0.25, 0.3) is 0 Å². The lowest BCUT2D eigenvalue weighted by molar-refractivity contribution is -0.138. The Hall–Kier alpha value is -3.37. The summed E-state index contributed by atoms with van der Waals surface area (Å²) in [6, 6.07) is 1.14. The molecule has 0 unspecified atom stereocenters. The number of pyridine rings is 1. The summed E-state index contributed by atoms with van der Waals surface area (Å²) in [4.78, 5) is 25.1. The molecule has 0 spiro atoms. The number of halogens is 3. The van der Waals surface area contributed by atoms with Crippen LogP contribution in [-0.4, -0.2) is 52.2 Å². The van der Waals surface area contributed by atoms with Crippen LogP contribution in [0.4, 0.5) is 24.7 Å². The lowest BCUT2D eigenvalue weighted by Gasteiger charge is -2.33. The van der Waals surface area contributed by atoms with Crippen LogP contribution in [0.3, 0.4) is 0 Å². The number of alkyl halides is 3. The first kappa shape index (κ1) is 22.4. The number of likely N-dealkylation sites (N-methyl/N-ethyl adjacent to an activating group) is 1. The number of rotatable bonds is 5. The quantitative estimate of drug-likeness (QED) is 0.650. The zero-order valence-corrected chi connectivity index (χ0v) is 19.0. The van der Waals surface area contributed by atoms with Crippen molar-refractivity contribution >= 4 is 29.2 Å². The van der Waals surface area contributed by atoms with Crippen LogP contribution in [0, 0.1) is 5.41 Å². The molecule has 2 N–H and O–H groups in total. The number of imidazole rings is 1. The van der Waals surface area contributed by atoms with Crippen molar-refractivity contribution in [1.82, 2.24) is 24.8 Å². The van der Waals surface area contributed by atoms with Crippen LogP contribution in [0.5, 0.6) is 0 Å². The molecule has 180 valence electrons. The summed E-state index contributed by atoms with van der Waals surface area (Å²) in [6.45, 7) is 1.08. The number of nitrogens with one attached hydrogen (secondary N) is 2. The van der Waals surface area contributed by atoms with Crippen molar-refractivity contribution in [3.63, 3.8) is 0 Å². The van der Waals surface area contributed by atoms with Crippen molar-refractivity contribution in [2.75, 3.05) is 25.5 Å². The molecule has 0 aromatic carbocycles. The van der Waals surface area contributed by atoms with Crippen molar-refractivity contribution in [3.8, 4) is 0 Å². The molecule has 4 heterocycles. The van der Waals surface area contributed by atoms with Crippen molar-refractivity contribution in [3.05, 3.63) is 40.7 Å². The van der Waals surface area contributed by atoms with Gasteiger partial charge in [-0.1, -0.05) is 0 Å². The van der Waals surface area contributed by atoms with Crippen molar-refractivity contribution in [2.24, 2.45) is 0 Å². The van der Waals surface area contributed by atoms with Gasteiger partial charge in [-0.25, -0.2) is 9.97 Å². The molecule has 1 fully saturated rings. The molecule has 1 saturated carbocycles. The van der Waals surface area contributed by atoms with E-state index in [0.29, 0.717) is 49.0 Å². The molecule has 1 aliphatic carbocycles. The summed E-state index contributed by atoms with van der Waals surface area (Å²) < 4.78 is 44.3. The molecular weight excluding hydrogens is 447 g/mol. The highest BCUT2D eigenvalue weighted by atomic mass is 19.4. The molecule has 11 heteroatoms. The molecule has 0 saturated heterocycles. The van der Waals surface area contributed by atoms with Gasteiger partial charge < -0.3 is 25.1 Å². The van der Waals surface area contributed by atoms with E-state index < -0.39 is 11.7 Å². The fourth-order valence-corrected chi connectivity index (χ4v) is 4.74. The Morgan fingerprint density at radius 3 is 2.68 bits per heavy atom. The molecule has 5 rings (SSSR count). The fourth-order valence-electron chi connectivity index (χ4n) is 4.74. The van der Waals surface area contributed by atoms with E-state index in [1.54, 1.807) is 19.0 Å². The maximum Gasteiger partial charge on any atom is 0.418 e. The van der Waals surface area contributed by atoms with Gasteiger partial charge in [-0.3, -0.25) is 4.79 Å². The predicted octanol–water partition coefficient (Wildman–Crippen LogP) is 3.44. The molecule has 0 bridgehead atoms. The average molecular weight is 474 g/mol. The van der Waals surface area contributed by atoms with E-state index in [0.717, 1.165) is 36.6 Å². The summed E-state index contributed by atoms with van der Waals surface area (Å²) >= 11 is 0. The molecule has 2 aromatic heterocycles. The summed E-state index contributed by atoms with van der Waals surface area (Å²) in [5.74, 6) is 1.75. The highest BCUT2D eigenvalue weighted by Gasteiger charge is 2.40. The zero-order valence-electron chi connectivity index (χ0n) is 19.0. The van der Waals surface area contributed by atoms with Crippen LogP contribution in [0.2, 0.25) is 0 Å². The van der Waals surface area contributed by atoms with Gasteiger partial charge in [0, 0.05) is 44.5 Å². The summed E-state index contributed by atoms with van der Waals surface area (Å²) in [6.07, 6.45) is 0.829. The maximum atomic E-state index is 14.1. The smallest absolute Gasteiger partial charge is 0.393 e. The predicted molar refractivity (Wildman–Crippen MR) is 121 cm³/mol. The van der Waals surface area contributed by atoms with Crippen molar-refractivity contribution in [1.29, 1.82) is 5.41 Å². The number of amides is 1. The standard InChI is InChI=1S/C23H26F3N7O/c1-28-10-14(9-27)20-15(23(24,25)26)8-17-16(29-20)4-3-7-32(17)22-18-11-31(2)19(34)12-33(18)21(30-22)13-5-6-13/h8-10,13,27-28H,3-7,11-12H2,1-2H3/b14-10+,27-9?. The Labute approximate surface area is 195 Å². The number of aromatic nitrogens is 3. The number of allylic oxidation sites excluding steroid dienone is 1. The number of hydrogen-bond donors (Lipinski definition) is 2. The first-order chi connectivity index (χ1) is 16.2. The Bertz CT molecular complexity index is 1200. The third kappa shape index (κ3) is 3.72. The lowest BCUT2D eigenvalue weighted by Crippen LogP contribution is -2.37. The van der Waals surface area contributed by atoms with Gasteiger partial charge in [0.15, 0.2) is 5.82 Å². The second-order valence-electron chi connectivity index (χ2n) is 8.99. The second-order valence-corrected chi connectivity index (χ2v) is 8.99. The summed E-state index contributed by atoms with van der Waals surface area (Å²) in [5, 5.41) is 10.3. The third-order valence-electron chi connectivity index (χ3n) is 6.58. The molecule has 34 heavy (non-hydrogen) atoms.